The lowest BCUT2D eigenvalue weighted by Gasteiger charge is -2.38. The van der Waals surface area contributed by atoms with E-state index in [4.69, 9.17) is 21.1 Å². The molecule has 0 saturated carbocycles. The summed E-state index contributed by atoms with van der Waals surface area (Å²) in [5.41, 5.74) is 0.370. The number of nitrogens with zero attached hydrogens (tertiary/aromatic N) is 3. The van der Waals surface area contributed by atoms with E-state index >= 15 is 0 Å². The molecular weight excluding hydrogens is 432 g/mol. The van der Waals surface area contributed by atoms with E-state index in [-0.39, 0.29) is 17.7 Å². The van der Waals surface area contributed by atoms with Gasteiger partial charge in [-0.05, 0) is 30.2 Å². The Morgan fingerprint density at radius 3 is 2.22 bits per heavy atom. The molecule has 1 unspecified atom stereocenters. The molecule has 0 bridgehead atoms. The first kappa shape index (κ1) is 23.7. The van der Waals surface area contributed by atoms with E-state index in [1.54, 1.807) is 41.4 Å². The monoisotopic (exact) mass is 460 g/mol. The van der Waals surface area contributed by atoms with Gasteiger partial charge in [0.2, 0.25) is 5.91 Å². The van der Waals surface area contributed by atoms with Gasteiger partial charge in [-0.15, -0.1) is 0 Å². The molecule has 1 aliphatic heterocycles. The third kappa shape index (κ3) is 5.43. The van der Waals surface area contributed by atoms with E-state index in [0.717, 1.165) is 5.82 Å². The summed E-state index contributed by atoms with van der Waals surface area (Å²) in [4.78, 5) is 34.4. The van der Waals surface area contributed by atoms with Crippen LogP contribution in [0.15, 0.2) is 36.5 Å². The van der Waals surface area contributed by atoms with Crippen molar-refractivity contribution in [2.45, 2.75) is 19.9 Å². The molecule has 32 heavy (non-hydrogen) atoms. The molecule has 3 rings (SSSR count). The third-order valence-corrected chi connectivity index (χ3v) is 5.76. The van der Waals surface area contributed by atoms with Crippen LogP contribution in [0.2, 0.25) is 5.02 Å². The maximum Gasteiger partial charge on any atom is 0.252 e. The average molecular weight is 461 g/mol. The summed E-state index contributed by atoms with van der Waals surface area (Å²) in [5.74, 6) is 1.20. The molecule has 1 N–H and O–H groups in total. The van der Waals surface area contributed by atoms with Crippen LogP contribution < -0.4 is 19.7 Å². The number of carbonyl (C=O) groups is 2. The Morgan fingerprint density at radius 2 is 1.69 bits per heavy atom. The normalized spacial score (nSPS) is 14.8. The fourth-order valence-corrected chi connectivity index (χ4v) is 3.86. The Balaban J connectivity index is 1.68. The quantitative estimate of drug-likeness (QED) is 0.684. The van der Waals surface area contributed by atoms with E-state index in [9.17, 15) is 9.59 Å². The number of amides is 2. The molecule has 1 aliphatic rings. The number of rotatable bonds is 7. The minimum absolute atomic E-state index is 0.0813. The molecule has 2 amide bonds. The summed E-state index contributed by atoms with van der Waals surface area (Å²) < 4.78 is 10.5. The zero-order valence-corrected chi connectivity index (χ0v) is 19.6. The molecule has 9 heteroatoms. The van der Waals surface area contributed by atoms with Crippen molar-refractivity contribution in [3.63, 3.8) is 0 Å². The highest BCUT2D eigenvalue weighted by Gasteiger charge is 2.31. The Bertz CT molecular complexity index is 939. The van der Waals surface area contributed by atoms with Crippen molar-refractivity contribution in [3.8, 4) is 11.5 Å². The molecule has 2 heterocycles. The maximum absolute atomic E-state index is 13.3. The summed E-state index contributed by atoms with van der Waals surface area (Å²) in [6.07, 6.45) is 1.70. The Kier molecular flexibility index (Phi) is 7.80. The van der Waals surface area contributed by atoms with Gasteiger partial charge in [-0.1, -0.05) is 25.4 Å². The molecule has 1 saturated heterocycles. The minimum Gasteiger partial charge on any atom is -0.497 e. The number of nitrogens with one attached hydrogen (secondary N) is 1. The van der Waals surface area contributed by atoms with E-state index in [1.165, 1.54) is 14.2 Å². The molecule has 2 aromatic rings. The number of piperazine rings is 1. The van der Waals surface area contributed by atoms with Gasteiger partial charge < -0.3 is 24.6 Å². The molecular formula is C23H29ClN4O4. The summed E-state index contributed by atoms with van der Waals surface area (Å²) in [6.45, 7) is 6.12. The highest BCUT2D eigenvalue weighted by atomic mass is 35.5. The number of anilines is 1. The largest absolute Gasteiger partial charge is 0.497 e. The number of hydrogen-bond acceptors (Lipinski definition) is 6. The highest BCUT2D eigenvalue weighted by molar-refractivity contribution is 6.32. The van der Waals surface area contributed by atoms with Gasteiger partial charge >= 0.3 is 0 Å². The van der Waals surface area contributed by atoms with Crippen LogP contribution in [0.25, 0.3) is 0 Å². The highest BCUT2D eigenvalue weighted by Crippen LogP contribution is 2.24. The zero-order valence-electron chi connectivity index (χ0n) is 18.8. The topological polar surface area (TPSA) is 84.0 Å². The lowest BCUT2D eigenvalue weighted by atomic mass is 10.0. The van der Waals surface area contributed by atoms with Gasteiger partial charge in [0.25, 0.3) is 5.91 Å². The van der Waals surface area contributed by atoms with E-state index in [2.05, 4.69) is 15.2 Å². The van der Waals surface area contributed by atoms with Crippen LogP contribution in [-0.2, 0) is 4.79 Å². The molecule has 172 valence electrons. The van der Waals surface area contributed by atoms with Crippen LogP contribution in [0.4, 0.5) is 5.82 Å². The SMILES string of the molecule is COc1cc(OC)cc(C(=O)NC(C(=O)N2CCN(c3ncccc3Cl)CC2)C(C)C)c1. The number of methoxy groups -OCH3 is 2. The molecule has 1 atom stereocenters. The van der Waals surface area contributed by atoms with E-state index in [1.807, 2.05) is 13.8 Å². The Labute approximate surface area is 193 Å². The number of ether oxygens (including phenoxy) is 2. The van der Waals surface area contributed by atoms with Crippen molar-refractivity contribution >= 4 is 29.2 Å². The van der Waals surface area contributed by atoms with Crippen molar-refractivity contribution in [3.05, 3.63) is 47.1 Å². The Morgan fingerprint density at radius 1 is 1.06 bits per heavy atom. The lowest BCUT2D eigenvalue weighted by molar-refractivity contribution is -0.134. The first-order chi connectivity index (χ1) is 15.3. The molecule has 0 spiro atoms. The fourth-order valence-electron chi connectivity index (χ4n) is 3.62. The second-order valence-electron chi connectivity index (χ2n) is 7.92. The molecule has 1 aromatic heterocycles. The predicted molar refractivity (Wildman–Crippen MR) is 124 cm³/mol. The molecule has 8 nitrogen and oxygen atoms in total. The molecule has 0 aliphatic carbocycles. The van der Waals surface area contributed by atoms with Gasteiger partial charge in [0.1, 0.15) is 23.4 Å². The minimum atomic E-state index is -0.648. The summed E-state index contributed by atoms with van der Waals surface area (Å²) in [7, 11) is 3.05. The van der Waals surface area contributed by atoms with Gasteiger partial charge in [-0.2, -0.15) is 0 Å². The van der Waals surface area contributed by atoms with Crippen molar-refractivity contribution in [1.29, 1.82) is 0 Å². The van der Waals surface area contributed by atoms with Crippen LogP contribution in [0.1, 0.15) is 24.2 Å². The summed E-state index contributed by atoms with van der Waals surface area (Å²) >= 11 is 6.26. The van der Waals surface area contributed by atoms with Gasteiger partial charge in [-0.25, -0.2) is 4.98 Å². The predicted octanol–water partition coefficient (Wildman–Crippen LogP) is 2.86. The van der Waals surface area contributed by atoms with E-state index < -0.39 is 6.04 Å². The van der Waals surface area contributed by atoms with Crippen molar-refractivity contribution in [1.82, 2.24) is 15.2 Å². The first-order valence-electron chi connectivity index (χ1n) is 10.5. The van der Waals surface area contributed by atoms with Crippen molar-refractivity contribution in [2.75, 3.05) is 45.3 Å². The van der Waals surface area contributed by atoms with Crippen LogP contribution in [0.5, 0.6) is 11.5 Å². The van der Waals surface area contributed by atoms with Crippen LogP contribution in [0.3, 0.4) is 0 Å². The lowest BCUT2D eigenvalue weighted by Crippen LogP contribution is -2.56. The van der Waals surface area contributed by atoms with Crippen LogP contribution in [-0.4, -0.2) is 68.1 Å². The van der Waals surface area contributed by atoms with Gasteiger partial charge in [0.15, 0.2) is 0 Å². The number of carbonyl (C=O) groups excluding carboxylic acids is 2. The second-order valence-corrected chi connectivity index (χ2v) is 8.32. The first-order valence-corrected chi connectivity index (χ1v) is 10.9. The number of aromatic nitrogens is 1. The third-order valence-electron chi connectivity index (χ3n) is 5.46. The zero-order chi connectivity index (χ0) is 23.3. The van der Waals surface area contributed by atoms with Crippen molar-refractivity contribution in [2.24, 2.45) is 5.92 Å². The smallest absolute Gasteiger partial charge is 0.252 e. The number of pyridine rings is 1. The summed E-state index contributed by atoms with van der Waals surface area (Å²) in [5, 5.41) is 3.49. The molecule has 1 aromatic carbocycles. The summed E-state index contributed by atoms with van der Waals surface area (Å²) in [6, 6.07) is 7.88. The van der Waals surface area contributed by atoms with Crippen LogP contribution in [0, 0.1) is 5.92 Å². The van der Waals surface area contributed by atoms with Gasteiger partial charge in [-0.3, -0.25) is 9.59 Å². The Hall–Kier alpha value is -3.00. The van der Waals surface area contributed by atoms with Gasteiger partial charge in [0.05, 0.1) is 19.2 Å². The van der Waals surface area contributed by atoms with E-state index in [0.29, 0.717) is 48.3 Å². The number of hydrogen-bond donors (Lipinski definition) is 1. The maximum atomic E-state index is 13.3. The number of benzene rings is 1. The molecule has 0 radical (unpaired) electrons. The molecule has 1 fully saturated rings. The fraction of sp³-hybridized carbons (Fsp3) is 0.435. The van der Waals surface area contributed by atoms with Crippen LogP contribution >= 0.6 is 11.6 Å². The standard InChI is InChI=1S/C23H29ClN4O4/c1-15(2)20(26-22(29)16-12-17(31-3)14-18(13-16)32-4)23(30)28-10-8-27(9-11-28)21-19(24)6-5-7-25-21/h5-7,12-15,20H,8-11H2,1-4H3,(H,26,29). The van der Waals surface area contributed by atoms with Crippen molar-refractivity contribution < 1.29 is 19.1 Å². The second kappa shape index (κ2) is 10.5. The van der Waals surface area contributed by atoms with Gasteiger partial charge in [0, 0.05) is 44.0 Å². The average Bonchev–Trinajstić information content (AvgIpc) is 2.81. The number of halogens is 1.